The van der Waals surface area contributed by atoms with Crippen LogP contribution in [0, 0.1) is 11.7 Å². The third-order valence-electron chi connectivity index (χ3n) is 5.87. The Balaban J connectivity index is 1.40. The number of hydrogen-bond donors (Lipinski definition) is 1. The number of benzene rings is 1. The first kappa shape index (κ1) is 22.2. The number of amides is 1. The Morgan fingerprint density at radius 2 is 1.97 bits per heavy atom. The van der Waals surface area contributed by atoms with Crippen LogP contribution in [0.2, 0.25) is 0 Å². The molecule has 3 rings (SSSR count). The van der Waals surface area contributed by atoms with Crippen molar-refractivity contribution < 1.29 is 17.6 Å². The summed E-state index contributed by atoms with van der Waals surface area (Å²) in [5.41, 5.74) is 0. The second kappa shape index (κ2) is 10.5. The van der Waals surface area contributed by atoms with Crippen molar-refractivity contribution in [2.75, 3.05) is 39.3 Å². The minimum absolute atomic E-state index is 0.00565. The summed E-state index contributed by atoms with van der Waals surface area (Å²) >= 11 is 0. The first-order valence-electron chi connectivity index (χ1n) is 10.7. The van der Waals surface area contributed by atoms with E-state index in [-0.39, 0.29) is 16.7 Å². The fourth-order valence-electron chi connectivity index (χ4n) is 4.22. The zero-order valence-corrected chi connectivity index (χ0v) is 17.8. The third kappa shape index (κ3) is 6.49. The topological polar surface area (TPSA) is 69.7 Å². The molecular formula is C21H32FN3O3S. The minimum Gasteiger partial charge on any atom is -0.356 e. The SMILES string of the molecule is O=C(CCC1CCCN(S(=O)(=O)c2cccc(F)c2)C1)NCCCN1CCCC1. The fraction of sp³-hybridized carbons (Fsp3) is 0.667. The lowest BCUT2D eigenvalue weighted by Gasteiger charge is -2.32. The van der Waals surface area contributed by atoms with Gasteiger partial charge in [0.25, 0.3) is 0 Å². The highest BCUT2D eigenvalue weighted by molar-refractivity contribution is 7.89. The zero-order valence-electron chi connectivity index (χ0n) is 17.0. The number of sulfonamides is 1. The van der Waals surface area contributed by atoms with E-state index in [0.29, 0.717) is 32.5 Å². The maximum Gasteiger partial charge on any atom is 0.243 e. The lowest BCUT2D eigenvalue weighted by atomic mass is 9.94. The molecule has 1 N–H and O–H groups in total. The van der Waals surface area contributed by atoms with E-state index in [2.05, 4.69) is 10.2 Å². The van der Waals surface area contributed by atoms with E-state index in [1.54, 1.807) is 0 Å². The van der Waals surface area contributed by atoms with Crippen molar-refractivity contribution in [1.29, 1.82) is 0 Å². The number of likely N-dealkylation sites (tertiary alicyclic amines) is 1. The Hall–Kier alpha value is -1.51. The normalized spacial score (nSPS) is 21.3. The van der Waals surface area contributed by atoms with Gasteiger partial charge in [-0.1, -0.05) is 6.07 Å². The van der Waals surface area contributed by atoms with Crippen molar-refractivity contribution in [3.8, 4) is 0 Å². The Bertz CT molecular complexity index is 781. The molecule has 2 aliphatic rings. The van der Waals surface area contributed by atoms with E-state index < -0.39 is 15.8 Å². The first-order chi connectivity index (χ1) is 13.9. The van der Waals surface area contributed by atoms with Gasteiger partial charge in [0.2, 0.25) is 15.9 Å². The summed E-state index contributed by atoms with van der Waals surface area (Å²) in [6.07, 6.45) is 6.29. The Kier molecular flexibility index (Phi) is 8.03. The third-order valence-corrected chi connectivity index (χ3v) is 7.73. The molecule has 6 nitrogen and oxygen atoms in total. The lowest BCUT2D eigenvalue weighted by Crippen LogP contribution is -2.40. The van der Waals surface area contributed by atoms with Crippen LogP contribution in [0.15, 0.2) is 29.2 Å². The van der Waals surface area contributed by atoms with Crippen LogP contribution in [-0.2, 0) is 14.8 Å². The maximum absolute atomic E-state index is 13.4. The van der Waals surface area contributed by atoms with Crippen LogP contribution >= 0.6 is 0 Å². The van der Waals surface area contributed by atoms with E-state index in [0.717, 1.165) is 31.9 Å². The van der Waals surface area contributed by atoms with Gasteiger partial charge in [-0.15, -0.1) is 0 Å². The number of carbonyl (C=O) groups excluding carboxylic acids is 1. The minimum atomic E-state index is -3.69. The smallest absolute Gasteiger partial charge is 0.243 e. The summed E-state index contributed by atoms with van der Waals surface area (Å²) in [7, 11) is -3.69. The molecule has 1 aromatic rings. The van der Waals surface area contributed by atoms with Gasteiger partial charge >= 0.3 is 0 Å². The van der Waals surface area contributed by atoms with Crippen LogP contribution in [0.3, 0.4) is 0 Å². The van der Waals surface area contributed by atoms with E-state index in [9.17, 15) is 17.6 Å². The average molecular weight is 426 g/mol. The van der Waals surface area contributed by atoms with Gasteiger partial charge in [0.05, 0.1) is 4.90 Å². The van der Waals surface area contributed by atoms with E-state index in [1.165, 1.54) is 48.4 Å². The molecule has 29 heavy (non-hydrogen) atoms. The molecule has 0 aliphatic carbocycles. The highest BCUT2D eigenvalue weighted by Crippen LogP contribution is 2.26. The number of nitrogens with one attached hydrogen (secondary N) is 1. The number of halogens is 1. The monoisotopic (exact) mass is 425 g/mol. The lowest BCUT2D eigenvalue weighted by molar-refractivity contribution is -0.121. The van der Waals surface area contributed by atoms with Crippen LogP contribution in [0.4, 0.5) is 4.39 Å². The number of hydrogen-bond acceptors (Lipinski definition) is 4. The van der Waals surface area contributed by atoms with Gasteiger partial charge in [0, 0.05) is 26.1 Å². The number of piperidine rings is 1. The summed E-state index contributed by atoms with van der Waals surface area (Å²) in [5, 5.41) is 2.98. The first-order valence-corrected chi connectivity index (χ1v) is 12.1. The van der Waals surface area contributed by atoms with Crippen LogP contribution < -0.4 is 5.32 Å². The second-order valence-electron chi connectivity index (χ2n) is 8.12. The molecule has 2 saturated heterocycles. The molecule has 0 bridgehead atoms. The summed E-state index contributed by atoms with van der Waals surface area (Å²) in [6, 6.07) is 5.14. The fourth-order valence-corrected chi connectivity index (χ4v) is 5.80. The van der Waals surface area contributed by atoms with E-state index >= 15 is 0 Å². The summed E-state index contributed by atoms with van der Waals surface area (Å²) < 4.78 is 40.4. The van der Waals surface area contributed by atoms with Crippen LogP contribution in [0.5, 0.6) is 0 Å². The second-order valence-corrected chi connectivity index (χ2v) is 10.1. The number of carbonyl (C=O) groups is 1. The van der Waals surface area contributed by atoms with Gasteiger partial charge in [-0.25, -0.2) is 12.8 Å². The number of nitrogens with zero attached hydrogens (tertiary/aromatic N) is 2. The van der Waals surface area contributed by atoms with Gasteiger partial charge in [-0.05, 0) is 82.3 Å². The molecule has 1 atom stereocenters. The molecule has 1 unspecified atom stereocenters. The molecule has 8 heteroatoms. The summed E-state index contributed by atoms with van der Waals surface area (Å²) in [4.78, 5) is 14.5. The molecule has 2 aliphatic heterocycles. The molecule has 2 fully saturated rings. The van der Waals surface area contributed by atoms with Crippen molar-refractivity contribution in [3.05, 3.63) is 30.1 Å². The zero-order chi connectivity index (χ0) is 20.7. The molecule has 0 spiro atoms. The predicted molar refractivity (Wildman–Crippen MR) is 110 cm³/mol. The van der Waals surface area contributed by atoms with Crippen molar-refractivity contribution in [2.24, 2.45) is 5.92 Å². The quantitative estimate of drug-likeness (QED) is 0.618. The molecule has 162 valence electrons. The largest absolute Gasteiger partial charge is 0.356 e. The van der Waals surface area contributed by atoms with Gasteiger partial charge in [0.1, 0.15) is 5.82 Å². The van der Waals surface area contributed by atoms with Gasteiger partial charge < -0.3 is 10.2 Å². The highest BCUT2D eigenvalue weighted by atomic mass is 32.2. The van der Waals surface area contributed by atoms with E-state index in [4.69, 9.17) is 0 Å². The van der Waals surface area contributed by atoms with Crippen molar-refractivity contribution in [2.45, 2.75) is 49.8 Å². The molecule has 0 aromatic heterocycles. The molecule has 0 saturated carbocycles. The average Bonchev–Trinajstić information content (AvgIpc) is 3.23. The van der Waals surface area contributed by atoms with Gasteiger partial charge in [-0.2, -0.15) is 4.31 Å². The van der Waals surface area contributed by atoms with Crippen molar-refractivity contribution in [3.63, 3.8) is 0 Å². The molecular weight excluding hydrogens is 393 g/mol. The Morgan fingerprint density at radius 1 is 1.17 bits per heavy atom. The molecule has 0 radical (unpaired) electrons. The Labute approximate surface area is 173 Å². The van der Waals surface area contributed by atoms with Crippen molar-refractivity contribution >= 4 is 15.9 Å². The number of rotatable bonds is 9. The maximum atomic E-state index is 13.4. The van der Waals surface area contributed by atoms with Crippen LogP contribution in [0.1, 0.15) is 44.9 Å². The standard InChI is InChI=1S/C21H32FN3O3S/c22-19-7-3-8-20(16-19)29(27,28)25-15-4-6-18(17-25)9-10-21(26)23-11-5-14-24-12-1-2-13-24/h3,7-8,16,18H,1-2,4-6,9-15,17H2,(H,23,26). The molecule has 2 heterocycles. The van der Waals surface area contributed by atoms with Crippen LogP contribution in [-0.4, -0.2) is 62.8 Å². The summed E-state index contributed by atoms with van der Waals surface area (Å²) in [5.74, 6) is -0.361. The van der Waals surface area contributed by atoms with Crippen LogP contribution in [0.25, 0.3) is 0 Å². The highest BCUT2D eigenvalue weighted by Gasteiger charge is 2.30. The van der Waals surface area contributed by atoms with Gasteiger partial charge in [0.15, 0.2) is 0 Å². The Morgan fingerprint density at radius 3 is 2.72 bits per heavy atom. The molecule has 1 aromatic carbocycles. The van der Waals surface area contributed by atoms with Gasteiger partial charge in [-0.3, -0.25) is 4.79 Å². The summed E-state index contributed by atoms with van der Waals surface area (Å²) in [6.45, 7) is 4.91. The van der Waals surface area contributed by atoms with Crippen molar-refractivity contribution in [1.82, 2.24) is 14.5 Å². The predicted octanol–water partition coefficient (Wildman–Crippen LogP) is 2.61. The van der Waals surface area contributed by atoms with E-state index in [1.807, 2.05) is 0 Å². The molecule has 1 amide bonds.